The normalized spacial score (nSPS) is 15.0. The first-order valence-corrected chi connectivity index (χ1v) is 8.60. The monoisotopic (exact) mass is 353 g/mol. The minimum Gasteiger partial charge on any atom is -0.379 e. The van der Waals surface area contributed by atoms with Gasteiger partial charge in [0.1, 0.15) is 0 Å². The Morgan fingerprint density at radius 2 is 1.88 bits per heavy atom. The maximum atomic E-state index is 11.8. The molecule has 0 aliphatic carbocycles. The molecule has 2 rings (SSSR count). The van der Waals surface area contributed by atoms with Crippen molar-refractivity contribution in [2.75, 3.05) is 45.9 Å². The van der Waals surface area contributed by atoms with E-state index < -0.39 is 0 Å². The number of nitrogens with zero attached hydrogens (tertiary/aromatic N) is 1. The van der Waals surface area contributed by atoms with Crippen molar-refractivity contribution in [2.45, 2.75) is 12.8 Å². The van der Waals surface area contributed by atoms with Crippen molar-refractivity contribution in [3.05, 3.63) is 34.9 Å². The van der Waals surface area contributed by atoms with Gasteiger partial charge in [0.05, 0.1) is 19.8 Å². The lowest BCUT2D eigenvalue weighted by molar-refractivity contribution is -0.126. The van der Waals surface area contributed by atoms with E-state index in [-0.39, 0.29) is 18.4 Å². The third kappa shape index (κ3) is 6.86. The SMILES string of the molecule is O=C(CCc1ccccc1Cl)NCC(=O)NCCN1CCOCC1. The van der Waals surface area contributed by atoms with Crippen LogP contribution in [0.1, 0.15) is 12.0 Å². The van der Waals surface area contributed by atoms with Crippen molar-refractivity contribution in [1.29, 1.82) is 0 Å². The van der Waals surface area contributed by atoms with E-state index in [4.69, 9.17) is 16.3 Å². The van der Waals surface area contributed by atoms with E-state index in [1.807, 2.05) is 18.2 Å². The molecule has 1 aliphatic rings. The number of aryl methyl sites for hydroxylation is 1. The zero-order valence-corrected chi connectivity index (χ0v) is 14.5. The summed E-state index contributed by atoms with van der Waals surface area (Å²) in [5, 5.41) is 6.10. The predicted octanol–water partition coefficient (Wildman–Crippen LogP) is 0.837. The lowest BCUT2D eigenvalue weighted by Gasteiger charge is -2.26. The molecule has 2 N–H and O–H groups in total. The number of halogens is 1. The van der Waals surface area contributed by atoms with Gasteiger partial charge in [0.25, 0.3) is 0 Å². The maximum absolute atomic E-state index is 11.8. The maximum Gasteiger partial charge on any atom is 0.239 e. The van der Waals surface area contributed by atoms with Gasteiger partial charge in [0.15, 0.2) is 0 Å². The Morgan fingerprint density at radius 1 is 1.12 bits per heavy atom. The number of ether oxygens (including phenoxy) is 1. The summed E-state index contributed by atoms with van der Waals surface area (Å²) >= 11 is 6.05. The molecule has 0 bridgehead atoms. The highest BCUT2D eigenvalue weighted by atomic mass is 35.5. The van der Waals surface area contributed by atoms with Crippen LogP contribution in [0, 0.1) is 0 Å². The van der Waals surface area contributed by atoms with Crippen LogP contribution in [0.3, 0.4) is 0 Å². The number of hydrogen-bond acceptors (Lipinski definition) is 4. The first-order chi connectivity index (χ1) is 11.6. The first kappa shape index (κ1) is 18.7. The van der Waals surface area contributed by atoms with E-state index in [9.17, 15) is 9.59 Å². The van der Waals surface area contributed by atoms with Gasteiger partial charge < -0.3 is 15.4 Å². The summed E-state index contributed by atoms with van der Waals surface area (Å²) in [5.41, 5.74) is 0.935. The van der Waals surface area contributed by atoms with Crippen LogP contribution in [0.5, 0.6) is 0 Å². The number of hydrogen-bond donors (Lipinski definition) is 2. The Balaban J connectivity index is 1.55. The number of rotatable bonds is 8. The van der Waals surface area contributed by atoms with Crippen molar-refractivity contribution in [1.82, 2.24) is 15.5 Å². The second-order valence-corrected chi connectivity index (χ2v) is 6.08. The van der Waals surface area contributed by atoms with Gasteiger partial charge in [-0.2, -0.15) is 0 Å². The van der Waals surface area contributed by atoms with E-state index in [0.29, 0.717) is 24.4 Å². The van der Waals surface area contributed by atoms with Crippen molar-refractivity contribution in [3.8, 4) is 0 Å². The molecular formula is C17H24ClN3O3. The molecular weight excluding hydrogens is 330 g/mol. The fraction of sp³-hybridized carbons (Fsp3) is 0.529. The van der Waals surface area contributed by atoms with Crippen LogP contribution in [0.25, 0.3) is 0 Å². The molecule has 1 fully saturated rings. The number of benzene rings is 1. The summed E-state index contributed by atoms with van der Waals surface area (Å²) in [6, 6.07) is 7.44. The summed E-state index contributed by atoms with van der Waals surface area (Å²) in [7, 11) is 0. The van der Waals surface area contributed by atoms with Crippen LogP contribution in [-0.2, 0) is 20.7 Å². The second-order valence-electron chi connectivity index (χ2n) is 5.67. The minimum atomic E-state index is -0.172. The van der Waals surface area contributed by atoms with Gasteiger partial charge in [0, 0.05) is 37.6 Å². The van der Waals surface area contributed by atoms with Crippen LogP contribution in [0.2, 0.25) is 5.02 Å². The summed E-state index contributed by atoms with van der Waals surface area (Å²) in [6.45, 7) is 4.67. The Kier molecular flexibility index (Phi) is 8.01. The van der Waals surface area contributed by atoms with Gasteiger partial charge >= 0.3 is 0 Å². The number of carbonyl (C=O) groups is 2. The molecule has 0 aromatic heterocycles. The van der Waals surface area contributed by atoms with E-state index in [2.05, 4.69) is 15.5 Å². The molecule has 0 radical (unpaired) electrons. The fourth-order valence-electron chi connectivity index (χ4n) is 2.46. The summed E-state index contributed by atoms with van der Waals surface area (Å²) in [6.07, 6.45) is 0.870. The molecule has 0 unspecified atom stereocenters. The van der Waals surface area contributed by atoms with Crippen LogP contribution in [-0.4, -0.2) is 62.7 Å². The van der Waals surface area contributed by atoms with Crippen LogP contribution in [0.15, 0.2) is 24.3 Å². The zero-order valence-electron chi connectivity index (χ0n) is 13.7. The smallest absolute Gasteiger partial charge is 0.239 e. The Hall–Kier alpha value is -1.63. The molecule has 24 heavy (non-hydrogen) atoms. The molecule has 0 atom stereocenters. The molecule has 1 aromatic carbocycles. The van der Waals surface area contributed by atoms with Gasteiger partial charge in [-0.25, -0.2) is 0 Å². The number of morpholine rings is 1. The molecule has 1 heterocycles. The molecule has 1 saturated heterocycles. The molecule has 2 amide bonds. The molecule has 1 aromatic rings. The summed E-state index contributed by atoms with van der Waals surface area (Å²) in [5.74, 6) is -0.326. The largest absolute Gasteiger partial charge is 0.379 e. The van der Waals surface area contributed by atoms with Crippen molar-refractivity contribution >= 4 is 23.4 Å². The van der Waals surface area contributed by atoms with Gasteiger partial charge in [-0.15, -0.1) is 0 Å². The standard InChI is InChI=1S/C17H24ClN3O3/c18-15-4-2-1-3-14(15)5-6-16(22)20-13-17(23)19-7-8-21-9-11-24-12-10-21/h1-4H,5-13H2,(H,19,23)(H,20,22). The van der Waals surface area contributed by atoms with Crippen molar-refractivity contribution in [3.63, 3.8) is 0 Å². The Morgan fingerprint density at radius 3 is 2.62 bits per heavy atom. The molecule has 0 spiro atoms. The lowest BCUT2D eigenvalue weighted by atomic mass is 10.1. The highest BCUT2D eigenvalue weighted by molar-refractivity contribution is 6.31. The molecule has 6 nitrogen and oxygen atoms in total. The van der Waals surface area contributed by atoms with E-state index in [1.54, 1.807) is 6.07 Å². The Bertz CT molecular complexity index is 548. The van der Waals surface area contributed by atoms with E-state index in [0.717, 1.165) is 38.4 Å². The van der Waals surface area contributed by atoms with Gasteiger partial charge in [-0.1, -0.05) is 29.8 Å². The third-order valence-electron chi connectivity index (χ3n) is 3.88. The average Bonchev–Trinajstić information content (AvgIpc) is 2.60. The second kappa shape index (κ2) is 10.3. The predicted molar refractivity (Wildman–Crippen MR) is 93.1 cm³/mol. The zero-order chi connectivity index (χ0) is 17.2. The summed E-state index contributed by atoms with van der Waals surface area (Å²) in [4.78, 5) is 25.8. The van der Waals surface area contributed by atoms with Gasteiger partial charge in [-0.05, 0) is 18.1 Å². The molecule has 1 aliphatic heterocycles. The lowest BCUT2D eigenvalue weighted by Crippen LogP contribution is -2.43. The highest BCUT2D eigenvalue weighted by Crippen LogP contribution is 2.16. The van der Waals surface area contributed by atoms with Crippen LogP contribution < -0.4 is 10.6 Å². The van der Waals surface area contributed by atoms with Crippen molar-refractivity contribution < 1.29 is 14.3 Å². The first-order valence-electron chi connectivity index (χ1n) is 8.22. The number of carbonyl (C=O) groups excluding carboxylic acids is 2. The Labute approximate surface area is 147 Å². The highest BCUT2D eigenvalue weighted by Gasteiger charge is 2.11. The van der Waals surface area contributed by atoms with Gasteiger partial charge in [-0.3, -0.25) is 14.5 Å². The molecule has 132 valence electrons. The number of nitrogens with one attached hydrogen (secondary N) is 2. The quantitative estimate of drug-likeness (QED) is 0.726. The van der Waals surface area contributed by atoms with E-state index >= 15 is 0 Å². The average molecular weight is 354 g/mol. The van der Waals surface area contributed by atoms with E-state index in [1.165, 1.54) is 0 Å². The third-order valence-corrected chi connectivity index (χ3v) is 4.25. The molecule has 0 saturated carbocycles. The van der Waals surface area contributed by atoms with Crippen molar-refractivity contribution in [2.24, 2.45) is 0 Å². The van der Waals surface area contributed by atoms with Gasteiger partial charge in [0.2, 0.25) is 11.8 Å². The minimum absolute atomic E-state index is 0.00443. The van der Waals surface area contributed by atoms with Crippen LogP contribution >= 0.6 is 11.6 Å². The summed E-state index contributed by atoms with van der Waals surface area (Å²) < 4.78 is 5.27. The fourth-order valence-corrected chi connectivity index (χ4v) is 2.69. The molecule has 7 heteroatoms. The topological polar surface area (TPSA) is 70.7 Å². The van der Waals surface area contributed by atoms with Crippen LogP contribution in [0.4, 0.5) is 0 Å². The number of amides is 2.